The van der Waals surface area contributed by atoms with Crippen LogP contribution in [0.1, 0.15) is 47.8 Å². The minimum absolute atomic E-state index is 0.00694. The number of anilines is 1. The van der Waals surface area contributed by atoms with Crippen LogP contribution in [0.25, 0.3) is 0 Å². The number of nitrogen functional groups attached to an aromatic ring is 1. The molecule has 0 saturated heterocycles. The van der Waals surface area contributed by atoms with Gasteiger partial charge in [0.25, 0.3) is 0 Å². The second-order valence-electron chi connectivity index (χ2n) is 6.19. The number of nitrogens with two attached hydrogens (primary N) is 1. The van der Waals surface area contributed by atoms with E-state index in [2.05, 4.69) is 0 Å². The lowest BCUT2D eigenvalue weighted by molar-refractivity contribution is 0.0976. The van der Waals surface area contributed by atoms with E-state index in [1.165, 1.54) is 13.2 Å². The Morgan fingerprint density at radius 3 is 2.00 bits per heavy atom. The predicted octanol–water partition coefficient (Wildman–Crippen LogP) is 3.28. The highest BCUT2D eigenvalue weighted by Crippen LogP contribution is 2.39. The number of carbonyl (C=O) groups excluding carboxylic acids is 3. The molecule has 0 aromatic heterocycles. The largest absolute Gasteiger partial charge is 0.496 e. The first-order valence-corrected chi connectivity index (χ1v) is 8.33. The van der Waals surface area contributed by atoms with Crippen molar-refractivity contribution in [3.8, 4) is 5.75 Å². The molecular weight excluding hydrogens is 342 g/mol. The normalized spacial score (nSPS) is 12.3. The molecule has 0 bridgehead atoms. The summed E-state index contributed by atoms with van der Waals surface area (Å²) in [6.45, 7) is 0. The Morgan fingerprint density at radius 2 is 1.41 bits per heavy atom. The fourth-order valence-corrected chi connectivity index (χ4v) is 3.38. The average Bonchev–Trinajstić information content (AvgIpc) is 2.72. The zero-order valence-electron chi connectivity index (χ0n) is 14.5. The molecule has 0 atom stereocenters. The third-order valence-corrected chi connectivity index (χ3v) is 4.70. The van der Waals surface area contributed by atoms with E-state index in [0.717, 1.165) is 0 Å². The van der Waals surface area contributed by atoms with Crippen molar-refractivity contribution in [1.29, 1.82) is 0 Å². The van der Waals surface area contributed by atoms with Crippen LogP contribution in [-0.4, -0.2) is 24.5 Å². The molecule has 2 N–H and O–H groups in total. The molecule has 0 spiro atoms. The Balaban J connectivity index is 1.99. The van der Waals surface area contributed by atoms with E-state index in [1.807, 2.05) is 0 Å². The van der Waals surface area contributed by atoms with Gasteiger partial charge in [-0.2, -0.15) is 0 Å². The van der Waals surface area contributed by atoms with Crippen LogP contribution in [0.5, 0.6) is 5.75 Å². The average molecular weight is 357 g/mol. The molecule has 0 saturated carbocycles. The highest BCUT2D eigenvalue weighted by Gasteiger charge is 2.36. The third-order valence-electron chi connectivity index (χ3n) is 4.70. The second-order valence-corrected chi connectivity index (χ2v) is 6.19. The van der Waals surface area contributed by atoms with E-state index in [9.17, 15) is 14.4 Å². The molecule has 3 aromatic carbocycles. The number of rotatable bonds is 3. The van der Waals surface area contributed by atoms with E-state index in [1.54, 1.807) is 54.6 Å². The molecule has 0 unspecified atom stereocenters. The van der Waals surface area contributed by atoms with Crippen molar-refractivity contribution in [3.05, 3.63) is 94.0 Å². The lowest BCUT2D eigenvalue weighted by atomic mass is 9.81. The van der Waals surface area contributed by atoms with Crippen LogP contribution in [0.4, 0.5) is 5.69 Å². The van der Waals surface area contributed by atoms with Crippen LogP contribution in [-0.2, 0) is 0 Å². The van der Waals surface area contributed by atoms with Crippen LogP contribution in [0.3, 0.4) is 0 Å². The van der Waals surface area contributed by atoms with Crippen molar-refractivity contribution >= 4 is 23.0 Å². The fraction of sp³-hybridized carbons (Fsp3) is 0.0455. The third kappa shape index (κ3) is 2.44. The Kier molecular flexibility index (Phi) is 3.85. The summed E-state index contributed by atoms with van der Waals surface area (Å²) in [4.78, 5) is 38.9. The van der Waals surface area contributed by atoms with Crippen molar-refractivity contribution in [2.24, 2.45) is 0 Å². The zero-order chi connectivity index (χ0) is 19.1. The molecule has 0 radical (unpaired) electrons. The number of benzene rings is 3. The van der Waals surface area contributed by atoms with Crippen LogP contribution in [0, 0.1) is 0 Å². The molecule has 4 rings (SSSR count). The fourth-order valence-electron chi connectivity index (χ4n) is 3.38. The SMILES string of the molecule is COc1cc(C(=O)c2ccccc2)c(N)c2c1C(=O)c1ccccc1C2=O. The van der Waals surface area contributed by atoms with Gasteiger partial charge in [0, 0.05) is 22.3 Å². The number of hydrogen-bond acceptors (Lipinski definition) is 5. The molecule has 27 heavy (non-hydrogen) atoms. The molecule has 0 amide bonds. The number of methoxy groups -OCH3 is 1. The molecular formula is C22H15NO4. The molecule has 3 aromatic rings. The van der Waals surface area contributed by atoms with E-state index in [0.29, 0.717) is 11.1 Å². The Morgan fingerprint density at radius 1 is 0.852 bits per heavy atom. The summed E-state index contributed by atoms with van der Waals surface area (Å²) in [5.41, 5.74) is 7.49. The Bertz CT molecular complexity index is 1120. The minimum Gasteiger partial charge on any atom is -0.496 e. The van der Waals surface area contributed by atoms with Gasteiger partial charge >= 0.3 is 0 Å². The van der Waals surface area contributed by atoms with Crippen molar-refractivity contribution in [3.63, 3.8) is 0 Å². The quantitative estimate of drug-likeness (QED) is 0.449. The van der Waals surface area contributed by atoms with Crippen LogP contribution in [0.15, 0.2) is 60.7 Å². The van der Waals surface area contributed by atoms with Gasteiger partial charge in [-0.15, -0.1) is 0 Å². The number of ether oxygens (including phenoxy) is 1. The molecule has 5 heteroatoms. The zero-order valence-corrected chi connectivity index (χ0v) is 14.5. The van der Waals surface area contributed by atoms with E-state index >= 15 is 0 Å². The topological polar surface area (TPSA) is 86.5 Å². The molecule has 1 aliphatic rings. The summed E-state index contributed by atoms with van der Waals surface area (Å²) >= 11 is 0. The van der Waals surface area contributed by atoms with Gasteiger partial charge in [0.15, 0.2) is 17.3 Å². The van der Waals surface area contributed by atoms with Crippen molar-refractivity contribution in [1.82, 2.24) is 0 Å². The highest BCUT2D eigenvalue weighted by atomic mass is 16.5. The van der Waals surface area contributed by atoms with Gasteiger partial charge in [0.05, 0.1) is 23.9 Å². The maximum Gasteiger partial charge on any atom is 0.198 e. The predicted molar refractivity (Wildman–Crippen MR) is 101 cm³/mol. The van der Waals surface area contributed by atoms with E-state index in [4.69, 9.17) is 10.5 Å². The van der Waals surface area contributed by atoms with Crippen LogP contribution in [0.2, 0.25) is 0 Å². The lowest BCUT2D eigenvalue weighted by Gasteiger charge is -2.22. The van der Waals surface area contributed by atoms with Crippen molar-refractivity contribution < 1.29 is 19.1 Å². The maximum atomic E-state index is 13.1. The monoisotopic (exact) mass is 357 g/mol. The highest BCUT2D eigenvalue weighted by molar-refractivity contribution is 6.32. The van der Waals surface area contributed by atoms with Gasteiger partial charge in [-0.05, 0) is 6.07 Å². The lowest BCUT2D eigenvalue weighted by Crippen LogP contribution is -2.24. The molecule has 0 aliphatic heterocycles. The van der Waals surface area contributed by atoms with Gasteiger partial charge < -0.3 is 10.5 Å². The number of fused-ring (bicyclic) bond motifs is 2. The number of hydrogen-bond donors (Lipinski definition) is 1. The van der Waals surface area contributed by atoms with E-state index in [-0.39, 0.29) is 45.3 Å². The first-order chi connectivity index (χ1) is 13.0. The summed E-state index contributed by atoms with van der Waals surface area (Å²) in [5, 5.41) is 0. The summed E-state index contributed by atoms with van der Waals surface area (Å²) < 4.78 is 5.35. The van der Waals surface area contributed by atoms with Crippen molar-refractivity contribution in [2.75, 3.05) is 12.8 Å². The molecule has 1 aliphatic carbocycles. The van der Waals surface area contributed by atoms with Crippen LogP contribution < -0.4 is 10.5 Å². The first-order valence-electron chi connectivity index (χ1n) is 8.33. The molecule has 0 heterocycles. The second kappa shape index (κ2) is 6.21. The standard InChI is InChI=1S/C22H15NO4/c1-27-16-11-15(20(24)12-7-3-2-4-8-12)19(23)18-17(16)21(25)13-9-5-6-10-14(13)22(18)26/h2-11H,23H2,1H3. The first kappa shape index (κ1) is 16.7. The summed E-state index contributed by atoms with van der Waals surface area (Å²) in [6.07, 6.45) is 0. The summed E-state index contributed by atoms with van der Waals surface area (Å²) in [7, 11) is 1.39. The Labute approximate surface area is 155 Å². The summed E-state index contributed by atoms with van der Waals surface area (Å²) in [5.74, 6) is -0.916. The van der Waals surface area contributed by atoms with Gasteiger partial charge in [-0.25, -0.2) is 0 Å². The summed E-state index contributed by atoms with van der Waals surface area (Å²) in [6, 6.07) is 16.6. The molecule has 0 fully saturated rings. The smallest absolute Gasteiger partial charge is 0.198 e. The number of carbonyl (C=O) groups is 3. The van der Waals surface area contributed by atoms with Gasteiger partial charge in [0.1, 0.15) is 5.75 Å². The van der Waals surface area contributed by atoms with E-state index < -0.39 is 5.78 Å². The Hall–Kier alpha value is -3.73. The van der Waals surface area contributed by atoms with Gasteiger partial charge in [-0.3, -0.25) is 14.4 Å². The van der Waals surface area contributed by atoms with Gasteiger partial charge in [0.2, 0.25) is 0 Å². The van der Waals surface area contributed by atoms with Crippen LogP contribution >= 0.6 is 0 Å². The molecule has 132 valence electrons. The number of ketones is 3. The minimum atomic E-state index is -0.390. The maximum absolute atomic E-state index is 13.1. The molecule has 5 nitrogen and oxygen atoms in total. The van der Waals surface area contributed by atoms with Crippen molar-refractivity contribution in [2.45, 2.75) is 0 Å². The van der Waals surface area contributed by atoms with Gasteiger partial charge in [-0.1, -0.05) is 54.6 Å².